The molecule has 168 valence electrons. The summed E-state index contributed by atoms with van der Waals surface area (Å²) in [6.07, 6.45) is 5.07. The highest BCUT2D eigenvalue weighted by atomic mass is 19.1. The van der Waals surface area contributed by atoms with Crippen LogP contribution < -0.4 is 4.74 Å². The molecule has 2 aromatic heterocycles. The molecule has 1 saturated heterocycles. The summed E-state index contributed by atoms with van der Waals surface area (Å²) in [6.45, 7) is 1.32. The molecule has 0 N–H and O–H groups in total. The van der Waals surface area contributed by atoms with Crippen LogP contribution in [0.25, 0.3) is 17.1 Å². The maximum Gasteiger partial charge on any atom is 0.274 e. The van der Waals surface area contributed by atoms with Gasteiger partial charge in [-0.3, -0.25) is 9.36 Å². The Morgan fingerprint density at radius 2 is 1.94 bits per heavy atom. The number of benzene rings is 1. The number of aromatic nitrogens is 3. The fraction of sp³-hybridized carbons (Fsp3) is 0.333. The van der Waals surface area contributed by atoms with E-state index < -0.39 is 11.6 Å². The lowest BCUT2D eigenvalue weighted by Gasteiger charge is -2.16. The van der Waals surface area contributed by atoms with E-state index in [-0.39, 0.29) is 23.3 Å². The second kappa shape index (κ2) is 8.28. The number of imidazole rings is 1. The molecule has 5 rings (SSSR count). The van der Waals surface area contributed by atoms with Gasteiger partial charge in [-0.1, -0.05) is 0 Å². The Morgan fingerprint density at radius 3 is 2.55 bits per heavy atom. The minimum absolute atomic E-state index is 0.0844. The highest BCUT2D eigenvalue weighted by Crippen LogP contribution is 2.45. The normalized spacial score (nSPS) is 15.5. The van der Waals surface area contributed by atoms with Gasteiger partial charge < -0.3 is 9.64 Å². The van der Waals surface area contributed by atoms with Crippen molar-refractivity contribution in [3.63, 3.8) is 0 Å². The minimum Gasteiger partial charge on any atom is -0.479 e. The molecule has 1 aromatic carbocycles. The van der Waals surface area contributed by atoms with E-state index in [1.165, 1.54) is 31.5 Å². The van der Waals surface area contributed by atoms with Crippen LogP contribution in [-0.4, -0.2) is 45.5 Å². The zero-order valence-corrected chi connectivity index (χ0v) is 18.0. The molecular formula is C24H21F2N5O2. The Morgan fingerprint density at radius 1 is 1.18 bits per heavy atom. The number of methoxy groups -OCH3 is 1. The van der Waals surface area contributed by atoms with Gasteiger partial charge in [-0.15, -0.1) is 0 Å². The number of halogens is 2. The minimum atomic E-state index is -0.691. The molecule has 1 saturated carbocycles. The zero-order valence-electron chi connectivity index (χ0n) is 18.0. The molecule has 2 aliphatic rings. The van der Waals surface area contributed by atoms with Crippen LogP contribution in [0.15, 0.2) is 30.5 Å². The lowest BCUT2D eigenvalue weighted by Crippen LogP contribution is -2.28. The van der Waals surface area contributed by atoms with E-state index in [1.54, 1.807) is 21.6 Å². The standard InChI is InChI=1S/C24H21F2N5O2/c1-33-23-19(26)11-17(13-28-23)31-21(14-4-5-14)20(24(32)30-8-2-3-9-30)29-22(31)15-6-7-16(12-27)18(25)10-15/h6-7,10-11,13-14H,2-5,8-9H2,1H3. The van der Waals surface area contributed by atoms with Gasteiger partial charge in [0.25, 0.3) is 5.91 Å². The van der Waals surface area contributed by atoms with Crippen molar-refractivity contribution in [3.05, 3.63) is 59.0 Å². The first-order valence-electron chi connectivity index (χ1n) is 10.8. The van der Waals surface area contributed by atoms with E-state index in [0.29, 0.717) is 41.6 Å². The third kappa shape index (κ3) is 3.71. The van der Waals surface area contributed by atoms with Gasteiger partial charge in [0.05, 0.1) is 30.3 Å². The van der Waals surface area contributed by atoms with Crippen molar-refractivity contribution in [1.29, 1.82) is 5.26 Å². The molecule has 0 bridgehead atoms. The lowest BCUT2D eigenvalue weighted by atomic mass is 10.1. The number of carbonyl (C=O) groups is 1. The summed E-state index contributed by atoms with van der Waals surface area (Å²) in [4.78, 5) is 23.9. The summed E-state index contributed by atoms with van der Waals surface area (Å²) in [7, 11) is 1.33. The molecule has 3 aromatic rings. The van der Waals surface area contributed by atoms with E-state index in [4.69, 9.17) is 10.00 Å². The van der Waals surface area contributed by atoms with Crippen molar-refractivity contribution >= 4 is 5.91 Å². The van der Waals surface area contributed by atoms with E-state index in [9.17, 15) is 13.6 Å². The van der Waals surface area contributed by atoms with Crippen LogP contribution in [0.2, 0.25) is 0 Å². The monoisotopic (exact) mass is 449 g/mol. The van der Waals surface area contributed by atoms with Crippen LogP contribution in [0.4, 0.5) is 8.78 Å². The van der Waals surface area contributed by atoms with Gasteiger partial charge in [-0.2, -0.15) is 5.26 Å². The number of amides is 1. The largest absolute Gasteiger partial charge is 0.479 e. The van der Waals surface area contributed by atoms with Crippen LogP contribution >= 0.6 is 0 Å². The highest BCUT2D eigenvalue weighted by Gasteiger charge is 2.37. The molecular weight excluding hydrogens is 428 g/mol. The average molecular weight is 449 g/mol. The van der Waals surface area contributed by atoms with Crippen LogP contribution in [0.5, 0.6) is 5.88 Å². The van der Waals surface area contributed by atoms with Crippen molar-refractivity contribution in [2.24, 2.45) is 0 Å². The molecule has 33 heavy (non-hydrogen) atoms. The summed E-state index contributed by atoms with van der Waals surface area (Å²) in [5, 5.41) is 9.09. The smallest absolute Gasteiger partial charge is 0.274 e. The number of hydrogen-bond acceptors (Lipinski definition) is 5. The topological polar surface area (TPSA) is 84.0 Å². The van der Waals surface area contributed by atoms with Crippen molar-refractivity contribution in [2.45, 2.75) is 31.6 Å². The van der Waals surface area contributed by atoms with Crippen LogP contribution in [-0.2, 0) is 0 Å². The Labute approximate surface area is 189 Å². The molecule has 0 radical (unpaired) electrons. The lowest BCUT2D eigenvalue weighted by molar-refractivity contribution is 0.0786. The second-order valence-corrected chi connectivity index (χ2v) is 8.27. The first-order chi connectivity index (χ1) is 16.0. The fourth-order valence-electron chi connectivity index (χ4n) is 4.28. The Kier molecular flexibility index (Phi) is 5.29. The predicted octanol–water partition coefficient (Wildman–Crippen LogP) is 4.21. The molecule has 1 aliphatic carbocycles. The van der Waals surface area contributed by atoms with Gasteiger partial charge in [0, 0.05) is 30.6 Å². The quantitative estimate of drug-likeness (QED) is 0.583. The SMILES string of the molecule is COc1ncc(-n2c(-c3ccc(C#N)c(F)c3)nc(C(=O)N3CCCC3)c2C2CC2)cc1F. The molecule has 1 amide bonds. The number of ether oxygens (including phenoxy) is 1. The first kappa shape index (κ1) is 21.1. The maximum atomic E-state index is 14.6. The second-order valence-electron chi connectivity index (χ2n) is 8.27. The third-order valence-corrected chi connectivity index (χ3v) is 6.07. The van der Waals surface area contributed by atoms with Crippen molar-refractivity contribution in [2.75, 3.05) is 20.2 Å². The van der Waals surface area contributed by atoms with Crippen LogP contribution in [0.1, 0.15) is 53.3 Å². The first-order valence-corrected chi connectivity index (χ1v) is 10.8. The highest BCUT2D eigenvalue weighted by molar-refractivity contribution is 5.95. The summed E-state index contributed by atoms with van der Waals surface area (Å²) in [5.74, 6) is -1.29. The maximum absolute atomic E-state index is 14.6. The van der Waals surface area contributed by atoms with Gasteiger partial charge in [0.1, 0.15) is 17.7 Å². The zero-order chi connectivity index (χ0) is 23.1. The van der Waals surface area contributed by atoms with E-state index in [1.807, 2.05) is 0 Å². The summed E-state index contributed by atoms with van der Waals surface area (Å²) < 4.78 is 35.7. The molecule has 1 aliphatic heterocycles. The Bertz CT molecular complexity index is 1290. The number of hydrogen-bond donors (Lipinski definition) is 0. The van der Waals surface area contributed by atoms with Crippen LogP contribution in [0.3, 0.4) is 0 Å². The molecule has 3 heterocycles. The van der Waals surface area contributed by atoms with Gasteiger partial charge in [-0.25, -0.2) is 18.7 Å². The van der Waals surface area contributed by atoms with Crippen molar-refractivity contribution in [1.82, 2.24) is 19.4 Å². The van der Waals surface area contributed by atoms with Crippen molar-refractivity contribution < 1.29 is 18.3 Å². The Balaban J connectivity index is 1.74. The van der Waals surface area contributed by atoms with Gasteiger partial charge in [0.15, 0.2) is 11.5 Å². The Hall–Kier alpha value is -3.80. The molecule has 0 unspecified atom stereocenters. The van der Waals surface area contributed by atoms with E-state index >= 15 is 0 Å². The number of rotatable bonds is 5. The molecule has 2 fully saturated rings. The molecule has 0 spiro atoms. The number of nitrogens with zero attached hydrogens (tertiary/aromatic N) is 5. The van der Waals surface area contributed by atoms with Crippen molar-refractivity contribution in [3.8, 4) is 29.0 Å². The van der Waals surface area contributed by atoms with Gasteiger partial charge in [-0.05, 0) is 43.9 Å². The predicted molar refractivity (Wildman–Crippen MR) is 115 cm³/mol. The molecule has 7 nitrogen and oxygen atoms in total. The third-order valence-electron chi connectivity index (χ3n) is 6.07. The van der Waals surface area contributed by atoms with Gasteiger partial charge >= 0.3 is 0 Å². The number of pyridine rings is 1. The van der Waals surface area contributed by atoms with E-state index in [2.05, 4.69) is 9.97 Å². The van der Waals surface area contributed by atoms with E-state index in [0.717, 1.165) is 25.7 Å². The summed E-state index contributed by atoms with van der Waals surface area (Å²) >= 11 is 0. The average Bonchev–Trinajstić information content (AvgIpc) is 3.35. The summed E-state index contributed by atoms with van der Waals surface area (Å²) in [6, 6.07) is 7.24. The molecule has 0 atom stereocenters. The summed E-state index contributed by atoms with van der Waals surface area (Å²) in [5.41, 5.74) is 1.63. The number of nitriles is 1. The van der Waals surface area contributed by atoms with Crippen LogP contribution in [0, 0.1) is 23.0 Å². The fourth-order valence-corrected chi connectivity index (χ4v) is 4.28. The number of carbonyl (C=O) groups excluding carboxylic acids is 1. The molecule has 9 heteroatoms. The van der Waals surface area contributed by atoms with Gasteiger partial charge in [0.2, 0.25) is 5.88 Å². The number of likely N-dealkylation sites (tertiary alicyclic amines) is 1.